The zero-order chi connectivity index (χ0) is 14.8. The number of aromatic hydroxyl groups is 1. The summed E-state index contributed by atoms with van der Waals surface area (Å²) in [6.07, 6.45) is 3.14. The Morgan fingerprint density at radius 1 is 1.05 bits per heavy atom. The summed E-state index contributed by atoms with van der Waals surface area (Å²) >= 11 is 0. The summed E-state index contributed by atoms with van der Waals surface area (Å²) in [7, 11) is 0. The zero-order valence-electron chi connectivity index (χ0n) is 12.1. The largest absolute Gasteiger partial charge is 0.493 e. The second-order valence-corrected chi connectivity index (χ2v) is 6.36. The van der Waals surface area contributed by atoms with Crippen LogP contribution in [-0.2, 0) is 0 Å². The van der Waals surface area contributed by atoms with Crippen molar-refractivity contribution in [2.45, 2.75) is 31.2 Å². The number of benzene rings is 2. The van der Waals surface area contributed by atoms with E-state index in [1.54, 1.807) is 0 Å². The number of rotatable bonds is 1. The average molecular weight is 292 g/mol. The first-order chi connectivity index (χ1) is 10.8. The number of nitrogens with zero attached hydrogens (tertiary/aromatic N) is 2. The Labute approximate surface area is 127 Å². The highest BCUT2D eigenvalue weighted by molar-refractivity contribution is 5.90. The lowest BCUT2D eigenvalue weighted by Gasteiger charge is -2.11. The van der Waals surface area contributed by atoms with Crippen molar-refractivity contribution in [2.75, 3.05) is 0 Å². The molecule has 1 aliphatic heterocycles. The third-order valence-electron chi connectivity index (χ3n) is 5.26. The summed E-state index contributed by atoms with van der Waals surface area (Å²) in [6.45, 7) is 0. The second kappa shape index (κ2) is 4.03. The van der Waals surface area contributed by atoms with E-state index in [4.69, 9.17) is 0 Å². The fraction of sp³-hybridized carbons (Fsp3) is 0.278. The van der Waals surface area contributed by atoms with Crippen LogP contribution in [0.4, 0.5) is 0 Å². The van der Waals surface area contributed by atoms with Gasteiger partial charge in [0.15, 0.2) is 0 Å². The third-order valence-corrected chi connectivity index (χ3v) is 5.26. The number of hydrogen-bond acceptors (Lipinski definition) is 2. The van der Waals surface area contributed by atoms with Gasteiger partial charge < -0.3 is 5.11 Å². The van der Waals surface area contributed by atoms with E-state index in [-0.39, 0.29) is 17.6 Å². The van der Waals surface area contributed by atoms with Crippen molar-refractivity contribution >= 4 is 10.8 Å². The molecule has 2 atom stereocenters. The summed E-state index contributed by atoms with van der Waals surface area (Å²) in [4.78, 5) is 12.9. The Bertz CT molecular complexity index is 962. The molecule has 1 N–H and O–H groups in total. The van der Waals surface area contributed by atoms with Gasteiger partial charge in [-0.05, 0) is 30.7 Å². The minimum atomic E-state index is -0.101. The molecular weight excluding hydrogens is 276 g/mol. The SMILES string of the molecule is O=c1n(-c2cccc3ccccc23)c(O)c2n1[C@H]1CC[C@@H]2C1. The minimum absolute atomic E-state index is 0.101. The molecule has 2 bridgehead atoms. The molecule has 1 aliphatic carbocycles. The van der Waals surface area contributed by atoms with E-state index < -0.39 is 0 Å². The van der Waals surface area contributed by atoms with E-state index in [0.717, 1.165) is 41.4 Å². The van der Waals surface area contributed by atoms with Crippen molar-refractivity contribution in [2.24, 2.45) is 0 Å². The summed E-state index contributed by atoms with van der Waals surface area (Å²) in [5.74, 6) is 0.475. The Hall–Kier alpha value is -2.49. The minimum Gasteiger partial charge on any atom is -0.493 e. The van der Waals surface area contributed by atoms with Crippen molar-refractivity contribution in [3.05, 3.63) is 58.6 Å². The molecule has 0 radical (unpaired) electrons. The van der Waals surface area contributed by atoms with Gasteiger partial charge in [0.05, 0.1) is 11.4 Å². The molecule has 2 aromatic carbocycles. The van der Waals surface area contributed by atoms with Crippen LogP contribution >= 0.6 is 0 Å². The lowest BCUT2D eigenvalue weighted by atomic mass is 10.1. The molecule has 0 saturated heterocycles. The molecule has 4 heteroatoms. The normalized spacial score (nSPS) is 22.4. The van der Waals surface area contributed by atoms with Crippen LogP contribution in [0.5, 0.6) is 5.88 Å². The van der Waals surface area contributed by atoms with E-state index in [1.165, 1.54) is 4.57 Å². The maximum absolute atomic E-state index is 12.9. The smallest absolute Gasteiger partial charge is 0.336 e. The molecule has 0 amide bonds. The van der Waals surface area contributed by atoms with E-state index in [1.807, 2.05) is 47.0 Å². The zero-order valence-corrected chi connectivity index (χ0v) is 12.1. The van der Waals surface area contributed by atoms with Gasteiger partial charge in [0.1, 0.15) is 0 Å². The molecule has 2 aliphatic rings. The Morgan fingerprint density at radius 3 is 2.73 bits per heavy atom. The molecule has 0 unspecified atom stereocenters. The van der Waals surface area contributed by atoms with E-state index >= 15 is 0 Å². The number of hydrogen-bond donors (Lipinski definition) is 1. The molecule has 2 heterocycles. The fourth-order valence-electron chi connectivity index (χ4n) is 4.32. The monoisotopic (exact) mass is 292 g/mol. The highest BCUT2D eigenvalue weighted by Crippen LogP contribution is 2.51. The van der Waals surface area contributed by atoms with E-state index in [0.29, 0.717) is 5.92 Å². The highest BCUT2D eigenvalue weighted by atomic mass is 16.3. The van der Waals surface area contributed by atoms with Gasteiger partial charge in [-0.25, -0.2) is 9.36 Å². The standard InChI is InChI=1S/C18H16N2O2/c21-17-16-12-8-9-13(10-12)19(16)18(22)20(17)15-7-3-5-11-4-1-2-6-14(11)15/h1-7,12-13,21H,8-10H2/t12-,13+/m1/s1. The van der Waals surface area contributed by atoms with Gasteiger partial charge in [0.2, 0.25) is 5.88 Å². The Morgan fingerprint density at radius 2 is 1.86 bits per heavy atom. The van der Waals surface area contributed by atoms with Gasteiger partial charge in [0, 0.05) is 17.3 Å². The maximum Gasteiger partial charge on any atom is 0.336 e. The van der Waals surface area contributed by atoms with E-state index in [9.17, 15) is 9.90 Å². The molecule has 0 spiro atoms. The summed E-state index contributed by atoms with van der Waals surface area (Å²) in [5.41, 5.74) is 1.51. The lowest BCUT2D eigenvalue weighted by molar-refractivity contribution is 0.428. The van der Waals surface area contributed by atoms with Crippen molar-refractivity contribution in [1.29, 1.82) is 0 Å². The third kappa shape index (κ3) is 1.35. The van der Waals surface area contributed by atoms with Gasteiger partial charge in [-0.15, -0.1) is 0 Å². The van der Waals surface area contributed by atoms with Gasteiger partial charge in [-0.2, -0.15) is 0 Å². The quantitative estimate of drug-likeness (QED) is 0.748. The first-order valence-corrected chi connectivity index (χ1v) is 7.80. The molecule has 4 nitrogen and oxygen atoms in total. The summed E-state index contributed by atoms with van der Waals surface area (Å²) < 4.78 is 3.31. The summed E-state index contributed by atoms with van der Waals surface area (Å²) in [5, 5.41) is 12.8. The van der Waals surface area contributed by atoms with Crippen molar-refractivity contribution in [3.8, 4) is 11.6 Å². The van der Waals surface area contributed by atoms with E-state index in [2.05, 4.69) is 0 Å². The molecule has 1 saturated carbocycles. The van der Waals surface area contributed by atoms with Gasteiger partial charge in [0.25, 0.3) is 0 Å². The van der Waals surface area contributed by atoms with Gasteiger partial charge in [-0.1, -0.05) is 36.4 Å². The topological polar surface area (TPSA) is 47.2 Å². The van der Waals surface area contributed by atoms with Crippen LogP contribution in [0, 0.1) is 0 Å². The molecule has 1 aromatic heterocycles. The maximum atomic E-state index is 12.9. The van der Waals surface area contributed by atoms with Crippen LogP contribution in [0.1, 0.15) is 36.9 Å². The number of imidazole rings is 1. The van der Waals surface area contributed by atoms with Crippen LogP contribution in [-0.4, -0.2) is 14.2 Å². The Balaban J connectivity index is 1.86. The number of aromatic nitrogens is 2. The average Bonchev–Trinajstić information content (AvgIpc) is 3.21. The van der Waals surface area contributed by atoms with Crippen LogP contribution in [0.25, 0.3) is 16.5 Å². The van der Waals surface area contributed by atoms with Crippen LogP contribution in [0.3, 0.4) is 0 Å². The molecule has 3 aromatic rings. The van der Waals surface area contributed by atoms with Crippen molar-refractivity contribution < 1.29 is 5.11 Å². The van der Waals surface area contributed by atoms with Crippen LogP contribution < -0.4 is 5.69 Å². The summed E-state index contributed by atoms with van der Waals surface area (Å²) in [6, 6.07) is 14.1. The molecule has 5 rings (SSSR count). The molecule has 22 heavy (non-hydrogen) atoms. The van der Waals surface area contributed by atoms with Gasteiger partial charge >= 0.3 is 5.69 Å². The Kier molecular flexibility index (Phi) is 2.22. The fourth-order valence-corrected chi connectivity index (χ4v) is 4.32. The predicted octanol–water partition coefficient (Wildman–Crippen LogP) is 3.32. The molecule has 110 valence electrons. The van der Waals surface area contributed by atoms with Crippen molar-refractivity contribution in [1.82, 2.24) is 9.13 Å². The highest BCUT2D eigenvalue weighted by Gasteiger charge is 2.42. The van der Waals surface area contributed by atoms with Crippen molar-refractivity contribution in [3.63, 3.8) is 0 Å². The lowest BCUT2D eigenvalue weighted by Crippen LogP contribution is -2.25. The molecule has 1 fully saturated rings. The van der Waals surface area contributed by atoms with Gasteiger partial charge in [-0.3, -0.25) is 4.57 Å². The second-order valence-electron chi connectivity index (χ2n) is 6.36. The molecular formula is C18H16N2O2. The van der Waals surface area contributed by atoms with Crippen LogP contribution in [0.15, 0.2) is 47.3 Å². The van der Waals surface area contributed by atoms with Crippen LogP contribution in [0.2, 0.25) is 0 Å². The first kappa shape index (κ1) is 12.1. The number of fused-ring (bicyclic) bond motifs is 6. The first-order valence-electron chi connectivity index (χ1n) is 7.80. The predicted molar refractivity (Wildman–Crippen MR) is 84.8 cm³/mol.